The molecule has 0 unspecified atom stereocenters. The van der Waals surface area contributed by atoms with Crippen LogP contribution in [0.15, 0.2) is 36.5 Å². The Balaban J connectivity index is 1.60. The number of pyridine rings is 1. The van der Waals surface area contributed by atoms with Crippen LogP contribution in [0.5, 0.6) is 11.5 Å². The average Bonchev–Trinajstić information content (AvgIpc) is 2.62. The predicted octanol–water partition coefficient (Wildman–Crippen LogP) is 1.89. The number of rotatable bonds is 6. The summed E-state index contributed by atoms with van der Waals surface area (Å²) in [4.78, 5) is 18.2. The lowest BCUT2D eigenvalue weighted by Crippen LogP contribution is -2.31. The minimum atomic E-state index is -0.173. The topological polar surface area (TPSA) is 75.7 Å². The van der Waals surface area contributed by atoms with Gasteiger partial charge in [-0.05, 0) is 38.4 Å². The Morgan fingerprint density at radius 3 is 2.60 bits per heavy atom. The van der Waals surface area contributed by atoms with Crippen LogP contribution in [0.1, 0.15) is 10.5 Å². The normalized spacial score (nSPS) is 12.8. The van der Waals surface area contributed by atoms with E-state index in [1.54, 1.807) is 12.3 Å². The number of hydrogen-bond donors (Lipinski definition) is 2. The maximum Gasteiger partial charge on any atom is 0.269 e. The van der Waals surface area contributed by atoms with Crippen LogP contribution in [-0.2, 0) is 0 Å². The van der Waals surface area contributed by atoms with Crippen LogP contribution < -0.4 is 20.1 Å². The molecule has 1 aromatic carbocycles. The molecule has 0 spiro atoms. The molecule has 7 nitrogen and oxygen atoms in total. The van der Waals surface area contributed by atoms with E-state index < -0.39 is 0 Å². The highest BCUT2D eigenvalue weighted by Crippen LogP contribution is 2.33. The van der Waals surface area contributed by atoms with Crippen molar-refractivity contribution in [3.05, 3.63) is 42.2 Å². The minimum Gasteiger partial charge on any atom is -0.486 e. The number of amides is 1. The monoisotopic (exact) mass is 342 g/mol. The molecule has 0 atom stereocenters. The number of carbonyl (C=O) groups is 1. The molecule has 0 bridgehead atoms. The molecule has 25 heavy (non-hydrogen) atoms. The zero-order valence-electron chi connectivity index (χ0n) is 14.4. The summed E-state index contributed by atoms with van der Waals surface area (Å²) in [5.41, 5.74) is 2.06. The summed E-state index contributed by atoms with van der Waals surface area (Å²) in [6.07, 6.45) is 1.64. The van der Waals surface area contributed by atoms with Gasteiger partial charge in [0.05, 0.1) is 11.9 Å². The molecular formula is C18H22N4O3. The number of benzene rings is 1. The van der Waals surface area contributed by atoms with Crippen molar-refractivity contribution >= 4 is 17.3 Å². The molecule has 2 aromatic rings. The van der Waals surface area contributed by atoms with Gasteiger partial charge < -0.3 is 25.0 Å². The fraction of sp³-hybridized carbons (Fsp3) is 0.333. The first kappa shape index (κ1) is 17.0. The third-order valence-corrected chi connectivity index (χ3v) is 3.67. The first-order valence-electron chi connectivity index (χ1n) is 8.17. The van der Waals surface area contributed by atoms with E-state index in [0.29, 0.717) is 25.5 Å². The fourth-order valence-electron chi connectivity index (χ4n) is 2.37. The second-order valence-corrected chi connectivity index (χ2v) is 5.97. The van der Waals surface area contributed by atoms with E-state index in [2.05, 4.69) is 15.6 Å². The highest BCUT2D eigenvalue weighted by atomic mass is 16.6. The van der Waals surface area contributed by atoms with Crippen molar-refractivity contribution in [1.82, 2.24) is 15.2 Å². The summed E-state index contributed by atoms with van der Waals surface area (Å²) in [6, 6.07) is 9.19. The lowest BCUT2D eigenvalue weighted by atomic mass is 10.2. The highest BCUT2D eigenvalue weighted by Gasteiger charge is 2.12. The summed E-state index contributed by atoms with van der Waals surface area (Å²) < 4.78 is 11.1. The largest absolute Gasteiger partial charge is 0.486 e. The fourth-order valence-corrected chi connectivity index (χ4v) is 2.37. The molecular weight excluding hydrogens is 320 g/mol. The SMILES string of the molecule is CN(C)CCNC(=O)c1ccc(Nc2ccc3c(c2)OCCO3)cn1. The summed E-state index contributed by atoms with van der Waals surface area (Å²) in [5.74, 6) is 1.30. The number of hydrogen-bond acceptors (Lipinski definition) is 6. The smallest absolute Gasteiger partial charge is 0.269 e. The summed E-state index contributed by atoms with van der Waals surface area (Å²) >= 11 is 0. The van der Waals surface area contributed by atoms with Crippen molar-refractivity contribution in [1.29, 1.82) is 0 Å². The number of ether oxygens (including phenoxy) is 2. The van der Waals surface area contributed by atoms with Crippen LogP contribution in [-0.4, -0.2) is 56.2 Å². The predicted molar refractivity (Wildman–Crippen MR) is 95.8 cm³/mol. The van der Waals surface area contributed by atoms with Crippen molar-refractivity contribution in [2.75, 3.05) is 45.7 Å². The molecule has 3 rings (SSSR count). The zero-order chi connectivity index (χ0) is 17.6. The number of fused-ring (bicyclic) bond motifs is 1. The Bertz CT molecular complexity index is 732. The molecule has 2 N–H and O–H groups in total. The Kier molecular flexibility index (Phi) is 5.35. The third-order valence-electron chi connectivity index (χ3n) is 3.67. The van der Waals surface area contributed by atoms with E-state index in [4.69, 9.17) is 9.47 Å². The van der Waals surface area contributed by atoms with Crippen LogP contribution >= 0.6 is 0 Å². The van der Waals surface area contributed by atoms with Gasteiger partial charge in [0.25, 0.3) is 5.91 Å². The molecule has 0 radical (unpaired) electrons. The van der Waals surface area contributed by atoms with E-state index in [9.17, 15) is 4.79 Å². The van der Waals surface area contributed by atoms with Gasteiger partial charge in [-0.15, -0.1) is 0 Å². The lowest BCUT2D eigenvalue weighted by molar-refractivity contribution is 0.0946. The molecule has 2 heterocycles. The van der Waals surface area contributed by atoms with Crippen LogP contribution in [0.25, 0.3) is 0 Å². The Morgan fingerprint density at radius 1 is 1.12 bits per heavy atom. The average molecular weight is 342 g/mol. The maximum atomic E-state index is 12.0. The van der Waals surface area contributed by atoms with Crippen molar-refractivity contribution < 1.29 is 14.3 Å². The molecule has 1 aromatic heterocycles. The van der Waals surface area contributed by atoms with Crippen LogP contribution in [0.4, 0.5) is 11.4 Å². The maximum absolute atomic E-state index is 12.0. The molecule has 7 heteroatoms. The second-order valence-electron chi connectivity index (χ2n) is 5.97. The van der Waals surface area contributed by atoms with Gasteiger partial charge in [-0.25, -0.2) is 4.98 Å². The van der Waals surface area contributed by atoms with Gasteiger partial charge in [-0.1, -0.05) is 0 Å². The number of nitrogens with one attached hydrogen (secondary N) is 2. The molecule has 1 aliphatic rings. The Hall–Kier alpha value is -2.80. The molecule has 1 amide bonds. The summed E-state index contributed by atoms with van der Waals surface area (Å²) in [5, 5.41) is 6.08. The number of nitrogens with zero attached hydrogens (tertiary/aromatic N) is 2. The van der Waals surface area contributed by atoms with E-state index in [1.807, 2.05) is 43.3 Å². The van der Waals surface area contributed by atoms with Crippen molar-refractivity contribution in [2.45, 2.75) is 0 Å². The quantitative estimate of drug-likeness (QED) is 0.835. The molecule has 0 fully saturated rings. The van der Waals surface area contributed by atoms with Crippen molar-refractivity contribution in [2.24, 2.45) is 0 Å². The molecule has 0 saturated carbocycles. The lowest BCUT2D eigenvalue weighted by Gasteiger charge is -2.19. The van der Waals surface area contributed by atoms with Crippen molar-refractivity contribution in [3.63, 3.8) is 0 Å². The van der Waals surface area contributed by atoms with Gasteiger partial charge in [0.15, 0.2) is 11.5 Å². The standard InChI is InChI=1S/C18H22N4O3/c1-22(2)8-7-19-18(23)15-5-3-14(12-20-15)21-13-4-6-16-17(11-13)25-10-9-24-16/h3-6,11-12,21H,7-10H2,1-2H3,(H,19,23). The van der Waals surface area contributed by atoms with E-state index in [0.717, 1.165) is 29.4 Å². The number of carbonyl (C=O) groups excluding carboxylic acids is 1. The molecule has 0 saturated heterocycles. The minimum absolute atomic E-state index is 0.173. The zero-order valence-corrected chi connectivity index (χ0v) is 14.4. The molecule has 0 aliphatic carbocycles. The molecule has 1 aliphatic heterocycles. The summed E-state index contributed by atoms with van der Waals surface area (Å²) in [6.45, 7) is 2.50. The Labute approximate surface area is 147 Å². The number of likely N-dealkylation sites (N-methyl/N-ethyl adjacent to an activating group) is 1. The first-order chi connectivity index (χ1) is 12.1. The van der Waals surface area contributed by atoms with E-state index in [-0.39, 0.29) is 5.91 Å². The number of anilines is 2. The Morgan fingerprint density at radius 2 is 1.88 bits per heavy atom. The first-order valence-corrected chi connectivity index (χ1v) is 8.17. The van der Waals surface area contributed by atoms with E-state index >= 15 is 0 Å². The highest BCUT2D eigenvalue weighted by molar-refractivity contribution is 5.92. The van der Waals surface area contributed by atoms with Gasteiger partial charge in [0.1, 0.15) is 18.9 Å². The third kappa shape index (κ3) is 4.60. The van der Waals surface area contributed by atoms with Gasteiger partial charge in [-0.3, -0.25) is 4.79 Å². The van der Waals surface area contributed by atoms with Gasteiger partial charge in [0.2, 0.25) is 0 Å². The van der Waals surface area contributed by atoms with Gasteiger partial charge in [-0.2, -0.15) is 0 Å². The summed E-state index contributed by atoms with van der Waals surface area (Å²) in [7, 11) is 3.92. The van der Waals surface area contributed by atoms with Gasteiger partial charge in [0, 0.05) is 24.8 Å². The molecule has 132 valence electrons. The van der Waals surface area contributed by atoms with Crippen molar-refractivity contribution in [3.8, 4) is 11.5 Å². The van der Waals surface area contributed by atoms with Crippen LogP contribution in [0.2, 0.25) is 0 Å². The number of aromatic nitrogens is 1. The second kappa shape index (κ2) is 7.85. The van der Waals surface area contributed by atoms with Gasteiger partial charge >= 0.3 is 0 Å². The van der Waals surface area contributed by atoms with E-state index in [1.165, 1.54) is 0 Å². The van der Waals surface area contributed by atoms with Crippen LogP contribution in [0, 0.1) is 0 Å². The van der Waals surface area contributed by atoms with Crippen LogP contribution in [0.3, 0.4) is 0 Å².